The maximum absolute atomic E-state index is 6.05. The Kier molecular flexibility index (Phi) is 8.39. The highest BCUT2D eigenvalue weighted by Gasteiger charge is 2.17. The Labute approximate surface area is 176 Å². The molecule has 0 aliphatic carbocycles. The van der Waals surface area contributed by atoms with E-state index in [-0.39, 0.29) is 0 Å². The van der Waals surface area contributed by atoms with Gasteiger partial charge in [0.2, 0.25) is 0 Å². The minimum atomic E-state index is 0.371. The van der Waals surface area contributed by atoms with E-state index >= 15 is 0 Å². The van der Waals surface area contributed by atoms with E-state index in [1.54, 1.807) is 0 Å². The molecule has 0 amide bonds. The van der Waals surface area contributed by atoms with Crippen LogP contribution in [0.25, 0.3) is 5.57 Å². The third kappa shape index (κ3) is 5.66. The number of hydrogen-bond acceptors (Lipinski definition) is 1. The monoisotopic (exact) mass is 381 g/mol. The van der Waals surface area contributed by atoms with E-state index < -0.39 is 0 Å². The van der Waals surface area contributed by atoms with Gasteiger partial charge in [-0.2, -0.15) is 0 Å². The molecule has 1 nitrogen and oxygen atoms in total. The highest BCUT2D eigenvalue weighted by molar-refractivity contribution is 5.89. The molecule has 0 bridgehead atoms. The molecule has 0 saturated carbocycles. The van der Waals surface area contributed by atoms with Crippen molar-refractivity contribution >= 4 is 5.57 Å². The van der Waals surface area contributed by atoms with Gasteiger partial charge in [-0.25, -0.2) is 0 Å². The maximum Gasteiger partial charge on any atom is 0.0178 e. The lowest BCUT2D eigenvalue weighted by molar-refractivity contribution is 1.16. The molecular formula is C28H31N. The quantitative estimate of drug-likeness (QED) is 0.492. The van der Waals surface area contributed by atoms with Gasteiger partial charge in [0.05, 0.1) is 0 Å². The van der Waals surface area contributed by atoms with E-state index in [4.69, 9.17) is 5.73 Å². The summed E-state index contributed by atoms with van der Waals surface area (Å²) < 4.78 is 0. The van der Waals surface area contributed by atoms with E-state index in [0.29, 0.717) is 6.54 Å². The number of hydrogen-bond donors (Lipinski definition) is 1. The fourth-order valence-corrected chi connectivity index (χ4v) is 3.28. The van der Waals surface area contributed by atoms with Crippen LogP contribution in [0.1, 0.15) is 30.5 Å². The zero-order valence-corrected chi connectivity index (χ0v) is 17.8. The molecule has 0 radical (unpaired) electrons. The Morgan fingerprint density at radius 2 is 1.55 bits per heavy atom. The average molecular weight is 382 g/mol. The van der Waals surface area contributed by atoms with Crippen LogP contribution >= 0.6 is 0 Å². The van der Waals surface area contributed by atoms with Crippen molar-refractivity contribution in [1.29, 1.82) is 0 Å². The van der Waals surface area contributed by atoms with Crippen LogP contribution < -0.4 is 5.73 Å². The van der Waals surface area contributed by atoms with Crippen molar-refractivity contribution in [3.8, 4) is 0 Å². The van der Waals surface area contributed by atoms with Crippen LogP contribution in [0.3, 0.4) is 0 Å². The minimum absolute atomic E-state index is 0.371. The summed E-state index contributed by atoms with van der Waals surface area (Å²) in [6.45, 7) is 15.2. The lowest BCUT2D eigenvalue weighted by atomic mass is 9.84. The second-order valence-corrected chi connectivity index (χ2v) is 6.89. The van der Waals surface area contributed by atoms with E-state index in [1.165, 1.54) is 5.56 Å². The van der Waals surface area contributed by atoms with Gasteiger partial charge in [-0.15, -0.1) is 0 Å². The summed E-state index contributed by atoms with van der Waals surface area (Å²) >= 11 is 0. The maximum atomic E-state index is 6.05. The van der Waals surface area contributed by atoms with Crippen LogP contribution in [0.15, 0.2) is 120 Å². The molecular weight excluding hydrogens is 350 g/mol. The molecule has 148 valence electrons. The molecule has 0 fully saturated rings. The summed E-state index contributed by atoms with van der Waals surface area (Å²) in [5.41, 5.74) is 14.5. The van der Waals surface area contributed by atoms with Crippen LogP contribution in [-0.4, -0.2) is 6.54 Å². The Morgan fingerprint density at radius 1 is 0.897 bits per heavy atom. The van der Waals surface area contributed by atoms with Crippen molar-refractivity contribution < 1.29 is 0 Å². The summed E-state index contributed by atoms with van der Waals surface area (Å²) in [4.78, 5) is 0. The van der Waals surface area contributed by atoms with Crippen molar-refractivity contribution in [3.63, 3.8) is 0 Å². The van der Waals surface area contributed by atoms with Gasteiger partial charge in [0.1, 0.15) is 0 Å². The summed E-state index contributed by atoms with van der Waals surface area (Å²) in [5.74, 6) is 0. The molecule has 1 heteroatoms. The topological polar surface area (TPSA) is 26.0 Å². The Balaban J connectivity index is 2.76. The van der Waals surface area contributed by atoms with Gasteiger partial charge < -0.3 is 5.73 Å². The van der Waals surface area contributed by atoms with E-state index in [9.17, 15) is 0 Å². The molecule has 0 unspecified atom stereocenters. The van der Waals surface area contributed by atoms with E-state index in [0.717, 1.165) is 39.0 Å². The Morgan fingerprint density at radius 3 is 2.14 bits per heavy atom. The molecule has 0 atom stereocenters. The largest absolute Gasteiger partial charge is 0.326 e. The first-order valence-electron chi connectivity index (χ1n) is 9.93. The van der Waals surface area contributed by atoms with Gasteiger partial charge in [-0.1, -0.05) is 98.1 Å². The SMILES string of the molecule is C=C(/C=C/C(/C=C\C)=C/C)/C(C(=C)CN)=C(\c1ccccc1)c1ccccc1C. The van der Waals surface area contributed by atoms with Gasteiger partial charge in [0.25, 0.3) is 0 Å². The van der Waals surface area contributed by atoms with Gasteiger partial charge >= 0.3 is 0 Å². The summed E-state index contributed by atoms with van der Waals surface area (Å²) in [5, 5.41) is 0. The number of benzene rings is 2. The van der Waals surface area contributed by atoms with Gasteiger partial charge in [-0.3, -0.25) is 0 Å². The normalized spacial score (nSPS) is 13.0. The van der Waals surface area contributed by atoms with Gasteiger partial charge in [0.15, 0.2) is 0 Å². The van der Waals surface area contributed by atoms with E-state index in [2.05, 4.69) is 86.8 Å². The Hall–Kier alpha value is -3.16. The average Bonchev–Trinajstić information content (AvgIpc) is 2.75. The molecule has 0 heterocycles. The predicted molar refractivity (Wildman–Crippen MR) is 129 cm³/mol. The third-order valence-electron chi connectivity index (χ3n) is 4.82. The highest BCUT2D eigenvalue weighted by Crippen LogP contribution is 2.35. The summed E-state index contributed by atoms with van der Waals surface area (Å²) in [7, 11) is 0. The molecule has 2 aromatic carbocycles. The fraction of sp³-hybridized carbons (Fsp3) is 0.143. The predicted octanol–water partition coefficient (Wildman–Crippen LogP) is 6.95. The number of nitrogens with two attached hydrogens (primary N) is 1. The Bertz CT molecular complexity index is 982. The molecule has 0 aromatic heterocycles. The zero-order chi connectivity index (χ0) is 21.2. The zero-order valence-electron chi connectivity index (χ0n) is 17.8. The first kappa shape index (κ1) is 22.1. The van der Waals surface area contributed by atoms with Crippen molar-refractivity contribution in [2.24, 2.45) is 5.73 Å². The number of aryl methyl sites for hydroxylation is 1. The van der Waals surface area contributed by atoms with Crippen molar-refractivity contribution in [1.82, 2.24) is 0 Å². The minimum Gasteiger partial charge on any atom is -0.326 e. The fourth-order valence-electron chi connectivity index (χ4n) is 3.28. The molecule has 2 rings (SSSR count). The summed E-state index contributed by atoms with van der Waals surface area (Å²) in [6.07, 6.45) is 10.3. The molecule has 29 heavy (non-hydrogen) atoms. The van der Waals surface area contributed by atoms with Crippen LogP contribution in [0, 0.1) is 6.92 Å². The van der Waals surface area contributed by atoms with Crippen LogP contribution in [-0.2, 0) is 0 Å². The van der Waals surface area contributed by atoms with Crippen molar-refractivity contribution in [3.05, 3.63) is 137 Å². The molecule has 2 N–H and O–H groups in total. The van der Waals surface area contributed by atoms with Crippen molar-refractivity contribution in [2.45, 2.75) is 20.8 Å². The standard InChI is InChI=1S/C28H31N/c1-6-13-24(7-2)19-18-22(4)27(23(5)20-29)28(25-15-9-8-10-16-25)26-17-12-11-14-21(26)3/h6-19H,4-5,20,29H2,1-3H3/b13-6-,19-18+,24-7+,28-27-. The van der Waals surface area contributed by atoms with Crippen LogP contribution in [0.4, 0.5) is 0 Å². The van der Waals surface area contributed by atoms with Crippen molar-refractivity contribution in [2.75, 3.05) is 6.54 Å². The third-order valence-corrected chi connectivity index (χ3v) is 4.82. The number of allylic oxidation sites excluding steroid dienone is 7. The summed E-state index contributed by atoms with van der Waals surface area (Å²) in [6, 6.07) is 18.8. The van der Waals surface area contributed by atoms with Gasteiger partial charge in [-0.05, 0) is 65.3 Å². The molecule has 0 aliphatic heterocycles. The molecule has 0 aliphatic rings. The lowest BCUT2D eigenvalue weighted by Crippen LogP contribution is -2.08. The lowest BCUT2D eigenvalue weighted by Gasteiger charge is -2.20. The van der Waals surface area contributed by atoms with Crippen LogP contribution in [0.2, 0.25) is 0 Å². The molecule has 2 aromatic rings. The highest BCUT2D eigenvalue weighted by atomic mass is 14.5. The molecule has 0 spiro atoms. The second-order valence-electron chi connectivity index (χ2n) is 6.89. The van der Waals surface area contributed by atoms with Gasteiger partial charge in [0, 0.05) is 6.54 Å². The molecule has 0 saturated heterocycles. The number of rotatable bonds is 8. The van der Waals surface area contributed by atoms with E-state index in [1.807, 2.05) is 32.1 Å². The first-order chi connectivity index (χ1) is 14.0. The van der Waals surface area contributed by atoms with Crippen LogP contribution in [0.5, 0.6) is 0 Å². The second kappa shape index (κ2) is 11.0. The first-order valence-corrected chi connectivity index (χ1v) is 9.93. The smallest absolute Gasteiger partial charge is 0.0178 e.